The van der Waals surface area contributed by atoms with Crippen molar-refractivity contribution in [2.24, 2.45) is 0 Å². The average Bonchev–Trinajstić information content (AvgIpc) is 2.82. The van der Waals surface area contributed by atoms with Crippen LogP contribution in [0, 0.1) is 5.82 Å². The summed E-state index contributed by atoms with van der Waals surface area (Å²) in [5.74, 6) is -0.941. The highest BCUT2D eigenvalue weighted by Gasteiger charge is 2.31. The standard InChI is InChI=1S/C24H24F4N4O2/c25-17-5-6-20-19(14-17)22(33)15-21(30-20)23(34)29-7-2-8-31-9-11-32(12-10-31)18-4-1-3-16(13-18)24(26,27)28/h1,3-6,13-15H,2,7-12H2,(H,29,34)(H,30,33). The number of amides is 1. The Hall–Kier alpha value is -3.40. The smallest absolute Gasteiger partial charge is 0.369 e. The summed E-state index contributed by atoms with van der Waals surface area (Å²) in [5.41, 5.74) is -0.0227. The number of benzene rings is 2. The van der Waals surface area contributed by atoms with Gasteiger partial charge in [0.2, 0.25) is 0 Å². The Bertz CT molecular complexity index is 1230. The van der Waals surface area contributed by atoms with Gasteiger partial charge in [0, 0.05) is 49.9 Å². The summed E-state index contributed by atoms with van der Waals surface area (Å²) in [5, 5.41) is 2.95. The van der Waals surface area contributed by atoms with Crippen LogP contribution in [-0.4, -0.2) is 55.1 Å². The van der Waals surface area contributed by atoms with Crippen LogP contribution in [0.25, 0.3) is 10.9 Å². The van der Waals surface area contributed by atoms with E-state index in [0.717, 1.165) is 24.7 Å². The Balaban J connectivity index is 1.23. The first kappa shape index (κ1) is 23.7. The number of H-pyrrole nitrogens is 1. The Kier molecular flexibility index (Phi) is 6.87. The molecule has 1 aliphatic rings. The monoisotopic (exact) mass is 476 g/mol. The fourth-order valence-corrected chi connectivity index (χ4v) is 4.05. The number of pyridine rings is 1. The van der Waals surface area contributed by atoms with Crippen LogP contribution in [-0.2, 0) is 6.18 Å². The molecular weight excluding hydrogens is 452 g/mol. The van der Waals surface area contributed by atoms with Gasteiger partial charge in [0.1, 0.15) is 11.5 Å². The van der Waals surface area contributed by atoms with E-state index in [-0.39, 0.29) is 11.1 Å². The summed E-state index contributed by atoms with van der Waals surface area (Å²) in [6.45, 7) is 3.77. The summed E-state index contributed by atoms with van der Waals surface area (Å²) in [7, 11) is 0. The molecule has 180 valence electrons. The van der Waals surface area contributed by atoms with Gasteiger partial charge in [-0.15, -0.1) is 0 Å². The third kappa shape index (κ3) is 5.56. The van der Waals surface area contributed by atoms with E-state index in [9.17, 15) is 27.2 Å². The maximum Gasteiger partial charge on any atom is 0.416 e. The molecule has 2 aromatic carbocycles. The molecule has 0 unspecified atom stereocenters. The van der Waals surface area contributed by atoms with Gasteiger partial charge >= 0.3 is 6.18 Å². The van der Waals surface area contributed by atoms with E-state index in [4.69, 9.17) is 0 Å². The highest BCUT2D eigenvalue weighted by Crippen LogP contribution is 2.31. The molecule has 0 spiro atoms. The molecule has 4 rings (SSSR count). The second kappa shape index (κ2) is 9.84. The van der Waals surface area contributed by atoms with Crippen LogP contribution in [0.4, 0.5) is 23.2 Å². The number of nitrogens with zero attached hydrogens (tertiary/aromatic N) is 2. The van der Waals surface area contributed by atoms with Crippen LogP contribution in [0.5, 0.6) is 0 Å². The number of hydrogen-bond acceptors (Lipinski definition) is 4. The summed E-state index contributed by atoms with van der Waals surface area (Å²) in [6.07, 6.45) is -3.68. The molecule has 2 N–H and O–H groups in total. The predicted molar refractivity (Wildman–Crippen MR) is 122 cm³/mol. The number of hydrogen-bond donors (Lipinski definition) is 2. The van der Waals surface area contributed by atoms with Gasteiger partial charge in [0.05, 0.1) is 11.1 Å². The molecule has 1 amide bonds. The minimum Gasteiger partial charge on any atom is -0.369 e. The average molecular weight is 476 g/mol. The van der Waals surface area contributed by atoms with Crippen molar-refractivity contribution in [3.63, 3.8) is 0 Å². The molecule has 6 nitrogen and oxygen atoms in total. The third-order valence-electron chi connectivity index (χ3n) is 5.88. The Morgan fingerprint density at radius 2 is 1.79 bits per heavy atom. The number of nitrogens with one attached hydrogen (secondary N) is 2. The lowest BCUT2D eigenvalue weighted by Crippen LogP contribution is -2.47. The minimum absolute atomic E-state index is 0.110. The molecule has 34 heavy (non-hydrogen) atoms. The zero-order valence-corrected chi connectivity index (χ0v) is 18.3. The molecule has 0 atom stereocenters. The molecule has 1 fully saturated rings. The van der Waals surface area contributed by atoms with Gasteiger partial charge < -0.3 is 15.2 Å². The maximum absolute atomic E-state index is 13.3. The SMILES string of the molecule is O=C(NCCCN1CCN(c2cccc(C(F)(F)F)c2)CC1)c1cc(=O)c2cc(F)ccc2[nH]1. The topological polar surface area (TPSA) is 68.4 Å². The van der Waals surface area contributed by atoms with Crippen LogP contribution < -0.4 is 15.6 Å². The van der Waals surface area contributed by atoms with Gasteiger partial charge in [-0.1, -0.05) is 6.07 Å². The first-order chi connectivity index (χ1) is 16.2. The van der Waals surface area contributed by atoms with Crippen molar-refractivity contribution < 1.29 is 22.4 Å². The number of anilines is 1. The number of carbonyl (C=O) groups is 1. The second-order valence-corrected chi connectivity index (χ2v) is 8.22. The van der Waals surface area contributed by atoms with E-state index in [1.54, 1.807) is 6.07 Å². The van der Waals surface area contributed by atoms with Crippen molar-refractivity contribution in [1.82, 2.24) is 15.2 Å². The van der Waals surface area contributed by atoms with Crippen molar-refractivity contribution >= 4 is 22.5 Å². The molecule has 1 aromatic heterocycles. The lowest BCUT2D eigenvalue weighted by Gasteiger charge is -2.36. The van der Waals surface area contributed by atoms with Crippen molar-refractivity contribution in [3.8, 4) is 0 Å². The molecule has 1 aliphatic heterocycles. The van der Waals surface area contributed by atoms with Crippen molar-refractivity contribution in [1.29, 1.82) is 0 Å². The van der Waals surface area contributed by atoms with E-state index in [1.807, 2.05) is 4.90 Å². The van der Waals surface area contributed by atoms with Crippen molar-refractivity contribution in [3.05, 3.63) is 75.8 Å². The van der Waals surface area contributed by atoms with E-state index in [1.165, 1.54) is 24.3 Å². The number of aromatic amines is 1. The largest absolute Gasteiger partial charge is 0.416 e. The highest BCUT2D eigenvalue weighted by molar-refractivity contribution is 5.94. The molecule has 0 radical (unpaired) electrons. The van der Waals surface area contributed by atoms with Gasteiger partial charge in [-0.25, -0.2) is 4.39 Å². The number of fused-ring (bicyclic) bond motifs is 1. The summed E-state index contributed by atoms with van der Waals surface area (Å²) >= 11 is 0. The summed E-state index contributed by atoms with van der Waals surface area (Å²) in [6, 6.07) is 10.3. The highest BCUT2D eigenvalue weighted by atomic mass is 19.4. The van der Waals surface area contributed by atoms with Crippen molar-refractivity contribution in [2.75, 3.05) is 44.2 Å². The number of halogens is 4. The van der Waals surface area contributed by atoms with Crippen LogP contribution in [0.2, 0.25) is 0 Å². The van der Waals surface area contributed by atoms with Crippen LogP contribution in [0.15, 0.2) is 53.3 Å². The van der Waals surface area contributed by atoms with Gasteiger partial charge in [-0.3, -0.25) is 14.5 Å². The lowest BCUT2D eigenvalue weighted by molar-refractivity contribution is -0.137. The van der Waals surface area contributed by atoms with Gasteiger partial charge in [-0.2, -0.15) is 13.2 Å². The minimum atomic E-state index is -4.36. The van der Waals surface area contributed by atoms with E-state index >= 15 is 0 Å². The summed E-state index contributed by atoms with van der Waals surface area (Å²) in [4.78, 5) is 31.5. The van der Waals surface area contributed by atoms with Gasteiger partial charge in [-0.05, 0) is 49.4 Å². The molecular formula is C24H24F4N4O2. The number of alkyl halides is 3. The molecule has 0 saturated carbocycles. The van der Waals surface area contributed by atoms with E-state index in [2.05, 4.69) is 15.2 Å². The van der Waals surface area contributed by atoms with E-state index in [0.29, 0.717) is 50.3 Å². The molecule has 2 heterocycles. The van der Waals surface area contributed by atoms with Crippen LogP contribution >= 0.6 is 0 Å². The fraction of sp³-hybridized carbons (Fsp3) is 0.333. The molecule has 3 aromatic rings. The normalized spacial score (nSPS) is 15.0. The Labute approximate surface area is 193 Å². The first-order valence-electron chi connectivity index (χ1n) is 11.0. The fourth-order valence-electron chi connectivity index (χ4n) is 4.05. The number of piperazine rings is 1. The number of aromatic nitrogens is 1. The molecule has 10 heteroatoms. The zero-order valence-electron chi connectivity index (χ0n) is 18.3. The zero-order chi connectivity index (χ0) is 24.3. The Morgan fingerprint density at radius 3 is 2.53 bits per heavy atom. The third-order valence-corrected chi connectivity index (χ3v) is 5.88. The molecule has 0 bridgehead atoms. The van der Waals surface area contributed by atoms with E-state index < -0.39 is 28.9 Å². The summed E-state index contributed by atoms with van der Waals surface area (Å²) < 4.78 is 52.2. The van der Waals surface area contributed by atoms with Crippen LogP contribution in [0.3, 0.4) is 0 Å². The second-order valence-electron chi connectivity index (χ2n) is 8.22. The van der Waals surface area contributed by atoms with Crippen LogP contribution in [0.1, 0.15) is 22.5 Å². The Morgan fingerprint density at radius 1 is 1.03 bits per heavy atom. The van der Waals surface area contributed by atoms with Gasteiger partial charge in [0.25, 0.3) is 5.91 Å². The predicted octanol–water partition coefficient (Wildman–Crippen LogP) is 3.63. The molecule has 0 aliphatic carbocycles. The number of carbonyl (C=O) groups excluding carboxylic acids is 1. The first-order valence-corrected chi connectivity index (χ1v) is 11.0. The maximum atomic E-state index is 13.3. The van der Waals surface area contributed by atoms with Crippen molar-refractivity contribution in [2.45, 2.75) is 12.6 Å². The lowest BCUT2D eigenvalue weighted by atomic mass is 10.1. The quantitative estimate of drug-likeness (QED) is 0.421. The van der Waals surface area contributed by atoms with Gasteiger partial charge in [0.15, 0.2) is 5.43 Å². The molecule has 1 saturated heterocycles. The number of rotatable bonds is 6.